The zero-order valence-corrected chi connectivity index (χ0v) is 12.8. The molecule has 0 spiro atoms. The van der Waals surface area contributed by atoms with Crippen LogP contribution in [0.4, 0.5) is 0 Å². The maximum atomic E-state index is 7.55. The minimum absolute atomic E-state index is 0.0607. The number of benzene rings is 2. The molecule has 0 aliphatic carbocycles. The first-order valence-corrected chi connectivity index (χ1v) is 6.86. The van der Waals surface area contributed by atoms with Gasteiger partial charge in [0.05, 0.1) is 17.7 Å². The summed E-state index contributed by atoms with van der Waals surface area (Å²) in [5.41, 5.74) is 6.90. The predicted octanol–water partition coefficient (Wildman–Crippen LogP) is 3.87. The number of halogens is 2. The van der Waals surface area contributed by atoms with Crippen LogP contribution in [-0.2, 0) is 6.61 Å². The van der Waals surface area contributed by atoms with Gasteiger partial charge in [-0.3, -0.25) is 5.41 Å². The second kappa shape index (κ2) is 6.70. The SMILES string of the molecule is COc1ccc(COc2cc(Cl)ccc2Cl)cc1C(=N)N. The summed E-state index contributed by atoms with van der Waals surface area (Å²) in [7, 11) is 1.53. The van der Waals surface area contributed by atoms with Gasteiger partial charge < -0.3 is 15.2 Å². The van der Waals surface area contributed by atoms with Crippen molar-refractivity contribution in [1.29, 1.82) is 5.41 Å². The number of hydrogen-bond acceptors (Lipinski definition) is 3. The molecule has 0 radical (unpaired) electrons. The Hall–Kier alpha value is -1.91. The summed E-state index contributed by atoms with van der Waals surface area (Å²) in [4.78, 5) is 0. The van der Waals surface area contributed by atoms with E-state index in [9.17, 15) is 0 Å². The highest BCUT2D eigenvalue weighted by Crippen LogP contribution is 2.29. The third-order valence-corrected chi connectivity index (χ3v) is 3.39. The summed E-state index contributed by atoms with van der Waals surface area (Å²) in [5.74, 6) is 0.992. The quantitative estimate of drug-likeness (QED) is 0.648. The highest BCUT2D eigenvalue weighted by molar-refractivity contribution is 6.34. The number of nitrogen functional groups attached to an aromatic ring is 1. The molecular weight excluding hydrogens is 311 g/mol. The van der Waals surface area contributed by atoms with Crippen molar-refractivity contribution in [2.24, 2.45) is 5.73 Å². The molecule has 3 N–H and O–H groups in total. The molecule has 0 fully saturated rings. The predicted molar refractivity (Wildman–Crippen MR) is 84.8 cm³/mol. The Morgan fingerprint density at radius 3 is 2.57 bits per heavy atom. The largest absolute Gasteiger partial charge is 0.496 e. The van der Waals surface area contributed by atoms with Gasteiger partial charge in [0.2, 0.25) is 0 Å². The number of nitrogens with one attached hydrogen (secondary N) is 1. The highest BCUT2D eigenvalue weighted by Gasteiger charge is 2.08. The van der Waals surface area contributed by atoms with Gasteiger partial charge in [-0.25, -0.2) is 0 Å². The van der Waals surface area contributed by atoms with Crippen molar-refractivity contribution in [2.75, 3.05) is 7.11 Å². The molecule has 0 aliphatic heterocycles. The Balaban J connectivity index is 2.18. The minimum Gasteiger partial charge on any atom is -0.496 e. The molecule has 0 saturated carbocycles. The number of ether oxygens (including phenoxy) is 2. The zero-order chi connectivity index (χ0) is 15.4. The van der Waals surface area contributed by atoms with Gasteiger partial charge in [0, 0.05) is 11.1 Å². The lowest BCUT2D eigenvalue weighted by Gasteiger charge is -2.11. The van der Waals surface area contributed by atoms with Crippen LogP contribution >= 0.6 is 23.2 Å². The number of methoxy groups -OCH3 is 1. The summed E-state index contributed by atoms with van der Waals surface area (Å²) in [5, 5.41) is 8.59. The van der Waals surface area contributed by atoms with Crippen LogP contribution in [0.3, 0.4) is 0 Å². The molecule has 0 aliphatic rings. The van der Waals surface area contributed by atoms with E-state index in [-0.39, 0.29) is 12.4 Å². The van der Waals surface area contributed by atoms with Crippen molar-refractivity contribution in [3.8, 4) is 11.5 Å². The lowest BCUT2D eigenvalue weighted by Crippen LogP contribution is -2.13. The van der Waals surface area contributed by atoms with E-state index < -0.39 is 0 Å². The van der Waals surface area contributed by atoms with Crippen molar-refractivity contribution < 1.29 is 9.47 Å². The fourth-order valence-electron chi connectivity index (χ4n) is 1.80. The van der Waals surface area contributed by atoms with Gasteiger partial charge in [0.15, 0.2) is 0 Å². The van der Waals surface area contributed by atoms with Crippen LogP contribution in [-0.4, -0.2) is 12.9 Å². The molecule has 21 heavy (non-hydrogen) atoms. The maximum absolute atomic E-state index is 7.55. The van der Waals surface area contributed by atoms with Gasteiger partial charge in [-0.05, 0) is 29.8 Å². The van der Waals surface area contributed by atoms with Crippen LogP contribution < -0.4 is 15.2 Å². The second-order valence-corrected chi connectivity index (χ2v) is 5.16. The smallest absolute Gasteiger partial charge is 0.139 e. The monoisotopic (exact) mass is 324 g/mol. The van der Waals surface area contributed by atoms with E-state index >= 15 is 0 Å². The highest BCUT2D eigenvalue weighted by atomic mass is 35.5. The molecule has 0 unspecified atom stereocenters. The van der Waals surface area contributed by atoms with Gasteiger partial charge >= 0.3 is 0 Å². The first-order valence-electron chi connectivity index (χ1n) is 6.10. The van der Waals surface area contributed by atoms with E-state index in [1.807, 2.05) is 6.07 Å². The average molecular weight is 325 g/mol. The molecule has 2 aromatic rings. The van der Waals surface area contributed by atoms with Crippen LogP contribution in [0.2, 0.25) is 10.0 Å². The van der Waals surface area contributed by atoms with Crippen LogP contribution in [0.5, 0.6) is 11.5 Å². The molecule has 6 heteroatoms. The Kier molecular flexibility index (Phi) is 4.94. The molecule has 2 aromatic carbocycles. The van der Waals surface area contributed by atoms with E-state index in [1.165, 1.54) is 7.11 Å². The summed E-state index contributed by atoms with van der Waals surface area (Å²) in [6, 6.07) is 10.4. The fraction of sp³-hybridized carbons (Fsp3) is 0.133. The first-order chi connectivity index (χ1) is 10.0. The van der Waals surface area contributed by atoms with Crippen molar-refractivity contribution in [3.63, 3.8) is 0 Å². The number of hydrogen-bond donors (Lipinski definition) is 2. The maximum Gasteiger partial charge on any atom is 0.139 e. The van der Waals surface area contributed by atoms with E-state index in [0.717, 1.165) is 5.56 Å². The van der Waals surface area contributed by atoms with Gasteiger partial charge in [0.25, 0.3) is 0 Å². The summed E-state index contributed by atoms with van der Waals surface area (Å²) in [6.07, 6.45) is 0. The van der Waals surface area contributed by atoms with Gasteiger partial charge in [-0.2, -0.15) is 0 Å². The van der Waals surface area contributed by atoms with E-state index in [0.29, 0.717) is 27.1 Å². The number of amidine groups is 1. The molecule has 0 atom stereocenters. The van der Waals surface area contributed by atoms with Crippen LogP contribution in [0.15, 0.2) is 36.4 Å². The van der Waals surface area contributed by atoms with Crippen LogP contribution in [0.25, 0.3) is 0 Å². The third-order valence-electron chi connectivity index (χ3n) is 2.84. The first kappa shape index (κ1) is 15.5. The third kappa shape index (κ3) is 3.80. The summed E-state index contributed by atoms with van der Waals surface area (Å²) in [6.45, 7) is 0.282. The van der Waals surface area contributed by atoms with Crippen molar-refractivity contribution in [1.82, 2.24) is 0 Å². The fourth-order valence-corrected chi connectivity index (χ4v) is 2.14. The Labute approximate surface area is 132 Å². The zero-order valence-electron chi connectivity index (χ0n) is 11.3. The van der Waals surface area contributed by atoms with E-state index in [1.54, 1.807) is 30.3 Å². The molecule has 0 amide bonds. The molecule has 0 aromatic heterocycles. The molecule has 0 bridgehead atoms. The summed E-state index contributed by atoms with van der Waals surface area (Å²) < 4.78 is 10.8. The van der Waals surface area contributed by atoms with Crippen molar-refractivity contribution >= 4 is 29.0 Å². The van der Waals surface area contributed by atoms with Crippen LogP contribution in [0.1, 0.15) is 11.1 Å². The Morgan fingerprint density at radius 2 is 1.90 bits per heavy atom. The molecule has 4 nitrogen and oxygen atoms in total. The van der Waals surface area contributed by atoms with E-state index in [4.69, 9.17) is 43.8 Å². The number of nitrogens with two attached hydrogens (primary N) is 1. The topological polar surface area (TPSA) is 68.3 Å². The normalized spacial score (nSPS) is 10.2. The molecule has 0 saturated heterocycles. The Morgan fingerprint density at radius 1 is 1.14 bits per heavy atom. The van der Waals surface area contributed by atoms with Gasteiger partial charge in [-0.1, -0.05) is 29.3 Å². The van der Waals surface area contributed by atoms with Crippen molar-refractivity contribution in [3.05, 3.63) is 57.6 Å². The lowest BCUT2D eigenvalue weighted by atomic mass is 10.1. The standard InChI is InChI=1S/C15H14Cl2N2O2/c1-20-13-5-2-9(6-11(13)15(18)19)8-21-14-7-10(16)3-4-12(14)17/h2-7H,8H2,1H3,(H3,18,19). The molecule has 2 rings (SSSR count). The molecule has 0 heterocycles. The van der Waals surface area contributed by atoms with E-state index in [2.05, 4.69) is 0 Å². The molecule has 110 valence electrons. The minimum atomic E-state index is -0.0607. The lowest BCUT2D eigenvalue weighted by molar-refractivity contribution is 0.306. The second-order valence-electron chi connectivity index (χ2n) is 4.31. The average Bonchev–Trinajstić information content (AvgIpc) is 2.47. The van der Waals surface area contributed by atoms with Gasteiger partial charge in [-0.15, -0.1) is 0 Å². The van der Waals surface area contributed by atoms with Crippen molar-refractivity contribution in [2.45, 2.75) is 6.61 Å². The Bertz CT molecular complexity index is 675. The van der Waals surface area contributed by atoms with Gasteiger partial charge in [0.1, 0.15) is 23.9 Å². The van der Waals surface area contributed by atoms with Crippen LogP contribution in [0, 0.1) is 5.41 Å². The number of rotatable bonds is 5. The molecular formula is C15H14Cl2N2O2. The summed E-state index contributed by atoms with van der Waals surface area (Å²) >= 11 is 11.9.